The maximum Gasteiger partial charge on any atom is 0.162 e. The van der Waals surface area contributed by atoms with Gasteiger partial charge in [-0.1, -0.05) is 63.7 Å². The van der Waals surface area contributed by atoms with Gasteiger partial charge in [0.25, 0.3) is 0 Å². The summed E-state index contributed by atoms with van der Waals surface area (Å²) in [7, 11) is 0. The molecule has 0 unspecified atom stereocenters. The average Bonchev–Trinajstić information content (AvgIpc) is 2.71. The van der Waals surface area contributed by atoms with Crippen molar-refractivity contribution in [2.45, 2.75) is 77.7 Å². The monoisotopic (exact) mass is 412 g/mol. The summed E-state index contributed by atoms with van der Waals surface area (Å²) in [5, 5.41) is 9.64. The van der Waals surface area contributed by atoms with Gasteiger partial charge in [0.15, 0.2) is 5.82 Å². The summed E-state index contributed by atoms with van der Waals surface area (Å²) in [4.78, 5) is 8.37. The molecule has 0 aliphatic heterocycles. The Bertz CT molecular complexity index is 833. The molecule has 4 nitrogen and oxygen atoms in total. The van der Waals surface area contributed by atoms with E-state index >= 15 is 0 Å². The van der Waals surface area contributed by atoms with E-state index in [0.29, 0.717) is 23.5 Å². The van der Waals surface area contributed by atoms with E-state index in [-0.39, 0.29) is 5.82 Å². The van der Waals surface area contributed by atoms with Crippen LogP contribution in [0.1, 0.15) is 77.7 Å². The number of aromatic nitrogens is 2. The van der Waals surface area contributed by atoms with Crippen molar-refractivity contribution in [1.29, 1.82) is 0 Å². The number of hydrogen-bond donors (Lipinski definition) is 1. The smallest absolute Gasteiger partial charge is 0.162 e. The largest absolute Gasteiger partial charge is 0.493 e. The van der Waals surface area contributed by atoms with Crippen molar-refractivity contribution >= 4 is 0 Å². The molecule has 0 aliphatic carbocycles. The van der Waals surface area contributed by atoms with Crippen LogP contribution in [0, 0.1) is 17.7 Å². The Morgan fingerprint density at radius 3 is 2.23 bits per heavy atom. The van der Waals surface area contributed by atoms with Gasteiger partial charge in [0.05, 0.1) is 17.7 Å². The molecule has 0 bridgehead atoms. The van der Waals surface area contributed by atoms with Crippen LogP contribution in [-0.4, -0.2) is 27.3 Å². The van der Waals surface area contributed by atoms with Crippen molar-refractivity contribution < 1.29 is 14.2 Å². The van der Waals surface area contributed by atoms with Crippen molar-refractivity contribution in [1.82, 2.24) is 9.97 Å². The normalized spacial score (nSPS) is 11.1. The van der Waals surface area contributed by atoms with Crippen molar-refractivity contribution in [3.05, 3.63) is 42.0 Å². The molecule has 0 amide bonds. The van der Waals surface area contributed by atoms with E-state index in [4.69, 9.17) is 4.74 Å². The van der Waals surface area contributed by atoms with Gasteiger partial charge in [0.2, 0.25) is 0 Å². The molecule has 0 aliphatic rings. The molecule has 1 heterocycles. The van der Waals surface area contributed by atoms with Crippen molar-refractivity contribution in [2.75, 3.05) is 6.61 Å². The lowest BCUT2D eigenvalue weighted by atomic mass is 10.1. The lowest BCUT2D eigenvalue weighted by molar-refractivity contribution is 0.143. The average molecular weight is 413 g/mol. The van der Waals surface area contributed by atoms with Crippen molar-refractivity contribution in [2.24, 2.45) is 0 Å². The Morgan fingerprint density at radius 1 is 1.00 bits per heavy atom. The summed E-state index contributed by atoms with van der Waals surface area (Å²) in [5.74, 6) is 5.88. The molecule has 0 saturated heterocycles. The topological polar surface area (TPSA) is 55.2 Å². The number of halogens is 1. The van der Waals surface area contributed by atoms with Gasteiger partial charge in [-0.2, -0.15) is 0 Å². The second kappa shape index (κ2) is 12.3. The van der Waals surface area contributed by atoms with E-state index in [1.807, 2.05) is 0 Å². The lowest BCUT2D eigenvalue weighted by Gasteiger charge is -2.08. The summed E-state index contributed by atoms with van der Waals surface area (Å²) < 4.78 is 20.2. The number of aliphatic hydroxyl groups is 1. The minimum absolute atomic E-state index is 0.288. The minimum Gasteiger partial charge on any atom is -0.493 e. The van der Waals surface area contributed by atoms with Gasteiger partial charge in [-0.3, -0.25) is 0 Å². The number of benzene rings is 1. The maximum atomic E-state index is 14.5. The fourth-order valence-electron chi connectivity index (χ4n) is 2.95. The van der Waals surface area contributed by atoms with Crippen LogP contribution in [0.4, 0.5) is 4.39 Å². The number of ether oxygens (including phenoxy) is 1. The molecular formula is C25H33FN2O2. The van der Waals surface area contributed by atoms with Crippen LogP contribution in [0.2, 0.25) is 0 Å². The van der Waals surface area contributed by atoms with Gasteiger partial charge in [-0.25, -0.2) is 14.4 Å². The Morgan fingerprint density at radius 2 is 1.63 bits per heavy atom. The van der Waals surface area contributed by atoms with Gasteiger partial charge in [0.1, 0.15) is 17.2 Å². The van der Waals surface area contributed by atoms with Crippen LogP contribution in [0.3, 0.4) is 0 Å². The third-order valence-electron chi connectivity index (χ3n) is 4.61. The number of unbranched alkanes of at least 4 members (excludes halogenated alkanes) is 7. The zero-order chi connectivity index (χ0) is 21.8. The quantitative estimate of drug-likeness (QED) is 0.367. The predicted molar refractivity (Wildman–Crippen MR) is 119 cm³/mol. The standard InChI is InChI=1S/C25H33FN2O2/c1-4-5-6-7-8-9-10-11-16-30-21-12-13-22(23(26)17-21)24-27-18-20(19-28-24)14-15-25(2,3)29/h12-13,17-19,29H,4-11,16H2,1-3H3. The highest BCUT2D eigenvalue weighted by Crippen LogP contribution is 2.24. The van der Waals surface area contributed by atoms with E-state index in [1.54, 1.807) is 26.0 Å². The van der Waals surface area contributed by atoms with Crippen LogP contribution in [-0.2, 0) is 0 Å². The van der Waals surface area contributed by atoms with Crippen LogP contribution in [0.15, 0.2) is 30.6 Å². The molecule has 0 atom stereocenters. The molecule has 30 heavy (non-hydrogen) atoms. The molecule has 162 valence electrons. The van der Waals surface area contributed by atoms with E-state index in [2.05, 4.69) is 28.7 Å². The zero-order valence-electron chi connectivity index (χ0n) is 18.4. The number of rotatable bonds is 11. The Balaban J connectivity index is 1.81. The fraction of sp³-hybridized carbons (Fsp3) is 0.520. The fourth-order valence-corrected chi connectivity index (χ4v) is 2.95. The van der Waals surface area contributed by atoms with Gasteiger partial charge in [-0.15, -0.1) is 0 Å². The van der Waals surface area contributed by atoms with Crippen molar-refractivity contribution in [3.8, 4) is 29.0 Å². The van der Waals surface area contributed by atoms with E-state index in [0.717, 1.165) is 12.8 Å². The molecule has 2 aromatic rings. The van der Waals surface area contributed by atoms with Crippen LogP contribution >= 0.6 is 0 Å². The minimum atomic E-state index is -1.09. The highest BCUT2D eigenvalue weighted by Gasteiger charge is 2.10. The maximum absolute atomic E-state index is 14.5. The number of hydrogen-bond acceptors (Lipinski definition) is 4. The Labute approximate surface area is 179 Å². The molecule has 1 N–H and O–H groups in total. The lowest BCUT2D eigenvalue weighted by Crippen LogP contribution is -2.14. The molecule has 0 spiro atoms. The first-order chi connectivity index (χ1) is 14.4. The van der Waals surface area contributed by atoms with Crippen LogP contribution < -0.4 is 4.74 Å². The molecule has 1 aromatic heterocycles. The van der Waals surface area contributed by atoms with Crippen molar-refractivity contribution in [3.63, 3.8) is 0 Å². The van der Waals surface area contributed by atoms with Gasteiger partial charge < -0.3 is 9.84 Å². The first kappa shape index (κ1) is 23.8. The van der Waals surface area contributed by atoms with E-state index in [9.17, 15) is 9.50 Å². The van der Waals surface area contributed by atoms with E-state index < -0.39 is 11.4 Å². The van der Waals surface area contributed by atoms with E-state index in [1.165, 1.54) is 57.0 Å². The molecule has 1 aromatic carbocycles. The second-order valence-corrected chi connectivity index (χ2v) is 8.07. The first-order valence-corrected chi connectivity index (χ1v) is 10.9. The SMILES string of the molecule is CCCCCCCCCCOc1ccc(-c2ncc(C#CC(C)(C)O)cn2)c(F)c1. The van der Waals surface area contributed by atoms with Gasteiger partial charge in [-0.05, 0) is 32.4 Å². The molecule has 0 radical (unpaired) electrons. The summed E-state index contributed by atoms with van der Waals surface area (Å²) in [5.41, 5.74) is -0.210. The Hall–Kier alpha value is -2.45. The summed E-state index contributed by atoms with van der Waals surface area (Å²) in [6, 6.07) is 4.76. The molecule has 2 rings (SSSR count). The zero-order valence-corrected chi connectivity index (χ0v) is 18.4. The molecule has 0 saturated carbocycles. The van der Waals surface area contributed by atoms with Gasteiger partial charge >= 0.3 is 0 Å². The highest BCUT2D eigenvalue weighted by atomic mass is 19.1. The predicted octanol–water partition coefficient (Wildman–Crippen LogP) is 5.92. The third kappa shape index (κ3) is 8.92. The van der Waals surface area contributed by atoms with Crippen LogP contribution in [0.5, 0.6) is 5.75 Å². The highest BCUT2D eigenvalue weighted by molar-refractivity contribution is 5.57. The molecular weight excluding hydrogens is 379 g/mol. The summed E-state index contributed by atoms with van der Waals surface area (Å²) in [6.45, 7) is 6.02. The summed E-state index contributed by atoms with van der Waals surface area (Å²) >= 11 is 0. The first-order valence-electron chi connectivity index (χ1n) is 10.9. The van der Waals surface area contributed by atoms with Crippen LogP contribution in [0.25, 0.3) is 11.4 Å². The summed E-state index contributed by atoms with van der Waals surface area (Å²) in [6.07, 6.45) is 12.9. The molecule has 5 heteroatoms. The third-order valence-corrected chi connectivity index (χ3v) is 4.61. The van der Waals surface area contributed by atoms with Gasteiger partial charge in [0, 0.05) is 18.5 Å². The second-order valence-electron chi connectivity index (χ2n) is 8.07. The Kier molecular flexibility index (Phi) is 9.76. The molecule has 0 fully saturated rings. The number of nitrogens with zero attached hydrogens (tertiary/aromatic N) is 2.